The van der Waals surface area contributed by atoms with Crippen molar-refractivity contribution < 1.29 is 0 Å². The molecule has 3 rings (SSSR count). The summed E-state index contributed by atoms with van der Waals surface area (Å²) in [6, 6.07) is 0. The van der Waals surface area contributed by atoms with Crippen molar-refractivity contribution >= 4 is 43.8 Å². The predicted octanol–water partition coefficient (Wildman–Crippen LogP) is 0.410. The first-order valence-corrected chi connectivity index (χ1v) is 7.44. The first-order valence-electron chi connectivity index (χ1n) is 6.22. The van der Waals surface area contributed by atoms with E-state index in [1.54, 1.807) is 46.5 Å². The maximum absolute atomic E-state index is 5.40. The smallest absolute Gasteiger partial charge is 0.271 e. The number of aromatic nitrogens is 9. The summed E-state index contributed by atoms with van der Waals surface area (Å²) in [6.45, 7) is 0. The SMILES string of the molecule is Cn1cnn([B-](n2ncn(C)c2=S)n2ncn(C)c2=S)c1=S. The van der Waals surface area contributed by atoms with Gasteiger partial charge in [-0.1, -0.05) is 0 Å². The summed E-state index contributed by atoms with van der Waals surface area (Å²) in [6.07, 6.45) is 4.86. The molecule has 0 amide bonds. The Bertz CT molecular complexity index is 870. The van der Waals surface area contributed by atoms with E-state index in [0.717, 1.165) is 0 Å². The number of hydrogen-bond acceptors (Lipinski definition) is 6. The van der Waals surface area contributed by atoms with Gasteiger partial charge in [-0.05, 0) is 36.7 Å². The zero-order valence-corrected chi connectivity index (χ0v) is 14.5. The molecule has 0 atom stereocenters. The molecule has 0 unspecified atom stereocenters. The van der Waals surface area contributed by atoms with E-state index in [1.807, 2.05) is 21.1 Å². The Labute approximate surface area is 141 Å². The lowest BCUT2D eigenvalue weighted by Crippen LogP contribution is -2.44. The molecule has 13 heteroatoms. The predicted molar refractivity (Wildman–Crippen MR) is 88.0 cm³/mol. The second-order valence-corrected chi connectivity index (χ2v) is 5.85. The van der Waals surface area contributed by atoms with Crippen LogP contribution >= 0.6 is 36.7 Å². The molecule has 115 valence electrons. The van der Waals surface area contributed by atoms with Gasteiger partial charge in [-0.15, -0.1) is 0 Å². The van der Waals surface area contributed by atoms with E-state index in [2.05, 4.69) is 15.3 Å². The standard InChI is InChI=1S/C9H12BN9S3/c1-14-4-11-17(7(14)20)10(18-8(21)15(2)5-12-18)19-9(22)16(3)6-13-19/h4-6H,1-3H3/q-1. The van der Waals surface area contributed by atoms with E-state index in [1.165, 1.54) is 0 Å². The van der Waals surface area contributed by atoms with Gasteiger partial charge in [0.15, 0.2) is 14.3 Å². The normalized spacial score (nSPS) is 11.5. The van der Waals surface area contributed by atoms with E-state index in [0.29, 0.717) is 14.3 Å². The lowest BCUT2D eigenvalue weighted by molar-refractivity contribution is 0.741. The molecule has 0 aliphatic carbocycles. The fourth-order valence-electron chi connectivity index (χ4n) is 1.97. The van der Waals surface area contributed by atoms with Crippen LogP contribution in [0.4, 0.5) is 0 Å². The zero-order chi connectivity index (χ0) is 16.0. The molecule has 0 aliphatic rings. The Balaban J connectivity index is 2.33. The lowest BCUT2D eigenvalue weighted by Gasteiger charge is -2.28. The molecule has 9 nitrogen and oxygen atoms in total. The Morgan fingerprint density at radius 1 is 0.682 bits per heavy atom. The van der Waals surface area contributed by atoms with Crippen LogP contribution in [0.1, 0.15) is 0 Å². The van der Waals surface area contributed by atoms with Gasteiger partial charge in [0.2, 0.25) is 0 Å². The van der Waals surface area contributed by atoms with Crippen LogP contribution in [0.25, 0.3) is 0 Å². The molecular weight excluding hydrogens is 341 g/mol. The van der Waals surface area contributed by atoms with Crippen molar-refractivity contribution in [2.75, 3.05) is 0 Å². The van der Waals surface area contributed by atoms with Gasteiger partial charge < -0.3 is 27.5 Å². The summed E-state index contributed by atoms with van der Waals surface area (Å²) >= 11 is 16.2. The maximum Gasteiger partial charge on any atom is 0.271 e. The van der Waals surface area contributed by atoms with Crippen molar-refractivity contribution in [3.63, 3.8) is 0 Å². The second-order valence-electron chi connectivity index (χ2n) is 4.75. The Hall–Kier alpha value is -1.86. The molecule has 0 aromatic carbocycles. The highest BCUT2D eigenvalue weighted by atomic mass is 32.1. The summed E-state index contributed by atoms with van der Waals surface area (Å²) in [7, 11) is 4.85. The van der Waals surface area contributed by atoms with Crippen LogP contribution in [0.5, 0.6) is 0 Å². The third-order valence-corrected chi connectivity index (χ3v) is 4.62. The highest BCUT2D eigenvalue weighted by molar-refractivity contribution is 7.71. The zero-order valence-electron chi connectivity index (χ0n) is 12.1. The topological polar surface area (TPSA) is 68.2 Å². The molecule has 3 heterocycles. The fourth-order valence-corrected chi connectivity index (χ4v) is 2.53. The highest BCUT2D eigenvalue weighted by Crippen LogP contribution is 2.03. The summed E-state index contributed by atoms with van der Waals surface area (Å²) < 4.78 is 11.5. The van der Waals surface area contributed by atoms with Crippen LogP contribution in [0, 0.1) is 14.3 Å². The Morgan fingerprint density at radius 3 is 1.14 bits per heavy atom. The molecule has 1 radical (unpaired) electrons. The van der Waals surface area contributed by atoms with Gasteiger partial charge in [-0.25, -0.2) is 15.3 Å². The third-order valence-electron chi connectivity index (χ3n) is 3.20. The summed E-state index contributed by atoms with van der Waals surface area (Å²) in [5, 5.41) is 12.9. The van der Waals surface area contributed by atoms with Crippen molar-refractivity contribution in [2.24, 2.45) is 21.1 Å². The molecule has 0 saturated heterocycles. The summed E-state index contributed by atoms with van der Waals surface area (Å²) in [4.78, 5) is 0. The largest absolute Gasteiger partial charge is 0.395 e. The van der Waals surface area contributed by atoms with Crippen LogP contribution in [0.15, 0.2) is 19.0 Å². The Kier molecular flexibility index (Phi) is 3.70. The molecule has 0 N–H and O–H groups in total. The average Bonchev–Trinajstić information content (AvgIpc) is 3.10. The van der Waals surface area contributed by atoms with E-state index in [4.69, 9.17) is 36.7 Å². The molecule has 3 aromatic rings. The van der Waals surface area contributed by atoms with Crippen LogP contribution in [0.3, 0.4) is 0 Å². The minimum Gasteiger partial charge on any atom is -0.395 e. The number of rotatable bonds is 3. The third kappa shape index (κ3) is 2.21. The van der Waals surface area contributed by atoms with Gasteiger partial charge in [0.1, 0.15) is 19.0 Å². The van der Waals surface area contributed by atoms with Crippen LogP contribution in [-0.2, 0) is 21.1 Å². The molecule has 0 bridgehead atoms. The Morgan fingerprint density at radius 2 is 0.955 bits per heavy atom. The van der Waals surface area contributed by atoms with Gasteiger partial charge >= 0.3 is 0 Å². The first kappa shape index (κ1) is 15.1. The van der Waals surface area contributed by atoms with E-state index >= 15 is 0 Å². The molecule has 22 heavy (non-hydrogen) atoms. The highest BCUT2D eigenvalue weighted by Gasteiger charge is 2.15. The molecule has 0 aliphatic heterocycles. The number of aryl methyl sites for hydroxylation is 3. The molecule has 0 saturated carbocycles. The monoisotopic (exact) mass is 353 g/mol. The van der Waals surface area contributed by atoms with Crippen molar-refractivity contribution in [2.45, 2.75) is 0 Å². The van der Waals surface area contributed by atoms with Crippen LogP contribution in [-0.4, -0.2) is 49.9 Å². The van der Waals surface area contributed by atoms with Crippen molar-refractivity contribution in [1.29, 1.82) is 0 Å². The van der Waals surface area contributed by atoms with E-state index in [9.17, 15) is 0 Å². The van der Waals surface area contributed by atoms with E-state index in [-0.39, 0.29) is 0 Å². The minimum atomic E-state index is -0.601. The minimum absolute atomic E-state index is 0.505. The first-order chi connectivity index (χ1) is 10.4. The van der Waals surface area contributed by atoms with Crippen molar-refractivity contribution in [3.8, 4) is 0 Å². The van der Waals surface area contributed by atoms with Crippen molar-refractivity contribution in [3.05, 3.63) is 33.3 Å². The van der Waals surface area contributed by atoms with Gasteiger partial charge in [0.05, 0.1) is 0 Å². The van der Waals surface area contributed by atoms with E-state index < -0.39 is 7.12 Å². The quantitative estimate of drug-likeness (QED) is 0.502. The van der Waals surface area contributed by atoms with Gasteiger partial charge in [0.25, 0.3) is 7.12 Å². The summed E-state index contributed by atoms with van der Waals surface area (Å²) in [5.41, 5.74) is 0. The van der Waals surface area contributed by atoms with Gasteiger partial charge in [-0.2, -0.15) is 0 Å². The van der Waals surface area contributed by atoms with Crippen LogP contribution < -0.4 is 0 Å². The second kappa shape index (κ2) is 5.41. The fraction of sp³-hybridized carbons (Fsp3) is 0.333. The van der Waals surface area contributed by atoms with Gasteiger partial charge in [0, 0.05) is 21.1 Å². The van der Waals surface area contributed by atoms with Crippen LogP contribution in [0.2, 0.25) is 0 Å². The summed E-state index contributed by atoms with van der Waals surface area (Å²) in [5.74, 6) is 0. The van der Waals surface area contributed by atoms with Gasteiger partial charge in [-0.3, -0.25) is 0 Å². The maximum atomic E-state index is 5.40. The van der Waals surface area contributed by atoms with Crippen molar-refractivity contribution in [1.82, 2.24) is 42.8 Å². The molecular formula is C9H12BN9S3-. The molecule has 0 spiro atoms. The molecule has 0 fully saturated rings. The molecule has 3 aromatic heterocycles. The number of nitrogens with zero attached hydrogens (tertiary/aromatic N) is 9. The lowest BCUT2D eigenvalue weighted by atomic mass is 9.96. The number of hydrogen-bond donors (Lipinski definition) is 0. The average molecular weight is 353 g/mol.